The second-order valence-electron chi connectivity index (χ2n) is 4.15. The number of benzene rings is 1. The molecule has 0 unspecified atom stereocenters. The standard InChI is InChI=1S/C15H18N2/c1-3-4-5-6-9-13-12(2)17(16)15-11-8-7-10-14(13)15/h3,5-8,10-11H,1,4,9,16H2,2H3/b6-5-. The van der Waals surface area contributed by atoms with Gasteiger partial charge in [-0.25, -0.2) is 0 Å². The highest BCUT2D eigenvalue weighted by molar-refractivity contribution is 5.85. The van der Waals surface area contributed by atoms with Crippen molar-refractivity contribution in [2.24, 2.45) is 0 Å². The van der Waals surface area contributed by atoms with Crippen LogP contribution in [0.25, 0.3) is 10.9 Å². The zero-order valence-corrected chi connectivity index (χ0v) is 10.2. The first-order chi connectivity index (χ1) is 8.25. The number of nitrogen functional groups attached to an aromatic ring is 1. The van der Waals surface area contributed by atoms with Crippen molar-refractivity contribution in [2.45, 2.75) is 19.8 Å². The Morgan fingerprint density at radius 1 is 1.29 bits per heavy atom. The van der Waals surface area contributed by atoms with Gasteiger partial charge in [0.15, 0.2) is 0 Å². The normalized spacial score (nSPS) is 11.4. The maximum absolute atomic E-state index is 6.05. The Morgan fingerprint density at radius 2 is 2.06 bits per heavy atom. The van der Waals surface area contributed by atoms with Crippen molar-refractivity contribution in [1.82, 2.24) is 4.68 Å². The van der Waals surface area contributed by atoms with Crippen LogP contribution < -0.4 is 5.84 Å². The molecule has 2 heteroatoms. The Morgan fingerprint density at radius 3 is 2.82 bits per heavy atom. The topological polar surface area (TPSA) is 30.9 Å². The summed E-state index contributed by atoms with van der Waals surface area (Å²) in [6, 6.07) is 8.25. The summed E-state index contributed by atoms with van der Waals surface area (Å²) in [5.74, 6) is 6.05. The summed E-state index contributed by atoms with van der Waals surface area (Å²) < 4.78 is 1.77. The number of nitrogens with two attached hydrogens (primary N) is 1. The molecular weight excluding hydrogens is 208 g/mol. The molecule has 2 aromatic rings. The number of hydrogen-bond donors (Lipinski definition) is 1. The van der Waals surface area contributed by atoms with E-state index in [1.54, 1.807) is 4.68 Å². The third-order valence-corrected chi connectivity index (χ3v) is 3.08. The number of nitrogens with zero attached hydrogens (tertiary/aromatic N) is 1. The lowest BCUT2D eigenvalue weighted by Gasteiger charge is -1.98. The van der Waals surface area contributed by atoms with Gasteiger partial charge in [0.1, 0.15) is 0 Å². The van der Waals surface area contributed by atoms with Crippen LogP contribution in [0.3, 0.4) is 0 Å². The van der Waals surface area contributed by atoms with E-state index in [-0.39, 0.29) is 0 Å². The average Bonchev–Trinajstić information content (AvgIpc) is 2.60. The van der Waals surface area contributed by atoms with Gasteiger partial charge in [-0.2, -0.15) is 0 Å². The van der Waals surface area contributed by atoms with Gasteiger partial charge in [0.2, 0.25) is 0 Å². The molecule has 0 saturated carbocycles. The van der Waals surface area contributed by atoms with Crippen molar-refractivity contribution in [3.8, 4) is 0 Å². The van der Waals surface area contributed by atoms with Gasteiger partial charge in [0, 0.05) is 11.1 Å². The Bertz CT molecular complexity index is 562. The first-order valence-corrected chi connectivity index (χ1v) is 5.85. The highest BCUT2D eigenvalue weighted by atomic mass is 15.3. The van der Waals surface area contributed by atoms with Crippen molar-refractivity contribution in [2.75, 3.05) is 5.84 Å². The van der Waals surface area contributed by atoms with E-state index < -0.39 is 0 Å². The fourth-order valence-corrected chi connectivity index (χ4v) is 2.11. The molecule has 0 aliphatic rings. The van der Waals surface area contributed by atoms with Gasteiger partial charge in [-0.1, -0.05) is 36.4 Å². The zero-order valence-electron chi connectivity index (χ0n) is 10.2. The molecule has 0 bridgehead atoms. The van der Waals surface area contributed by atoms with E-state index in [1.165, 1.54) is 10.9 Å². The van der Waals surface area contributed by atoms with Gasteiger partial charge in [-0.3, -0.25) is 4.68 Å². The van der Waals surface area contributed by atoms with E-state index >= 15 is 0 Å². The van der Waals surface area contributed by atoms with Crippen LogP contribution in [0.5, 0.6) is 0 Å². The van der Waals surface area contributed by atoms with Gasteiger partial charge < -0.3 is 5.84 Å². The summed E-state index contributed by atoms with van der Waals surface area (Å²) in [6.07, 6.45) is 8.05. The molecule has 0 aliphatic carbocycles. The summed E-state index contributed by atoms with van der Waals surface area (Å²) in [5, 5.41) is 1.25. The lowest BCUT2D eigenvalue weighted by atomic mass is 10.1. The fourth-order valence-electron chi connectivity index (χ4n) is 2.11. The molecule has 0 fully saturated rings. The molecule has 0 spiro atoms. The fraction of sp³-hybridized carbons (Fsp3) is 0.200. The van der Waals surface area contributed by atoms with Crippen LogP contribution >= 0.6 is 0 Å². The number of aromatic nitrogens is 1. The molecule has 2 rings (SSSR count). The van der Waals surface area contributed by atoms with E-state index in [1.807, 2.05) is 12.1 Å². The SMILES string of the molecule is C=CC/C=C\Cc1c(C)n(N)c2ccccc12. The molecule has 0 aliphatic heterocycles. The highest BCUT2D eigenvalue weighted by Crippen LogP contribution is 2.24. The monoisotopic (exact) mass is 226 g/mol. The summed E-state index contributed by atoms with van der Waals surface area (Å²) >= 11 is 0. The molecule has 17 heavy (non-hydrogen) atoms. The Labute approximate surface area is 102 Å². The van der Waals surface area contributed by atoms with Crippen LogP contribution in [0.1, 0.15) is 17.7 Å². The van der Waals surface area contributed by atoms with E-state index in [4.69, 9.17) is 5.84 Å². The van der Waals surface area contributed by atoms with E-state index in [9.17, 15) is 0 Å². The van der Waals surface area contributed by atoms with E-state index in [0.29, 0.717) is 0 Å². The van der Waals surface area contributed by atoms with Crippen molar-refractivity contribution >= 4 is 10.9 Å². The van der Waals surface area contributed by atoms with E-state index in [2.05, 4.69) is 43.9 Å². The lowest BCUT2D eigenvalue weighted by Crippen LogP contribution is -2.09. The lowest BCUT2D eigenvalue weighted by molar-refractivity contribution is 0.979. The minimum atomic E-state index is 0.917. The van der Waals surface area contributed by atoms with Crippen molar-refractivity contribution in [1.29, 1.82) is 0 Å². The largest absolute Gasteiger partial charge is 0.339 e. The number of rotatable bonds is 4. The quantitative estimate of drug-likeness (QED) is 0.629. The predicted molar refractivity (Wildman–Crippen MR) is 74.5 cm³/mol. The summed E-state index contributed by atoms with van der Waals surface area (Å²) in [7, 11) is 0. The molecule has 0 amide bonds. The van der Waals surface area contributed by atoms with Crippen molar-refractivity contribution in [3.63, 3.8) is 0 Å². The third kappa shape index (κ3) is 2.11. The number of hydrogen-bond acceptors (Lipinski definition) is 1. The second-order valence-corrected chi connectivity index (χ2v) is 4.15. The van der Waals surface area contributed by atoms with Crippen LogP contribution in [-0.4, -0.2) is 4.68 Å². The Kier molecular flexibility index (Phi) is 3.33. The molecule has 1 heterocycles. The molecular formula is C15H18N2. The zero-order chi connectivity index (χ0) is 12.3. The van der Waals surface area contributed by atoms with Gasteiger partial charge >= 0.3 is 0 Å². The average molecular weight is 226 g/mol. The number of para-hydroxylation sites is 1. The van der Waals surface area contributed by atoms with E-state index in [0.717, 1.165) is 24.1 Å². The van der Waals surface area contributed by atoms with Crippen LogP contribution in [0, 0.1) is 6.92 Å². The molecule has 88 valence electrons. The summed E-state index contributed by atoms with van der Waals surface area (Å²) in [6.45, 7) is 5.77. The molecule has 0 saturated heterocycles. The maximum atomic E-state index is 6.05. The molecule has 1 aromatic carbocycles. The molecule has 2 nitrogen and oxygen atoms in total. The van der Waals surface area contributed by atoms with Crippen LogP contribution in [0.4, 0.5) is 0 Å². The van der Waals surface area contributed by atoms with Crippen molar-refractivity contribution in [3.05, 3.63) is 60.3 Å². The smallest absolute Gasteiger partial charge is 0.0696 e. The van der Waals surface area contributed by atoms with Crippen LogP contribution in [0.2, 0.25) is 0 Å². The van der Waals surface area contributed by atoms with Crippen LogP contribution in [-0.2, 0) is 6.42 Å². The van der Waals surface area contributed by atoms with Crippen molar-refractivity contribution < 1.29 is 0 Å². The first-order valence-electron chi connectivity index (χ1n) is 5.85. The van der Waals surface area contributed by atoms with Gasteiger partial charge in [-0.05, 0) is 31.4 Å². The predicted octanol–water partition coefficient (Wildman–Crippen LogP) is 3.34. The number of fused-ring (bicyclic) bond motifs is 1. The maximum Gasteiger partial charge on any atom is 0.0696 e. The molecule has 0 atom stereocenters. The second kappa shape index (κ2) is 4.91. The Hall–Kier alpha value is -1.96. The number of allylic oxidation sites excluding steroid dienone is 3. The van der Waals surface area contributed by atoms with Crippen LogP contribution in [0.15, 0.2) is 49.1 Å². The molecule has 0 radical (unpaired) electrons. The summed E-state index contributed by atoms with van der Waals surface area (Å²) in [4.78, 5) is 0. The molecule has 2 N–H and O–H groups in total. The first kappa shape index (κ1) is 11.5. The Balaban J connectivity index is 2.39. The third-order valence-electron chi connectivity index (χ3n) is 3.08. The van der Waals surface area contributed by atoms with Gasteiger partial charge in [0.05, 0.1) is 5.52 Å². The highest BCUT2D eigenvalue weighted by Gasteiger charge is 2.09. The van der Waals surface area contributed by atoms with Gasteiger partial charge in [-0.15, -0.1) is 6.58 Å². The van der Waals surface area contributed by atoms with Gasteiger partial charge in [0.25, 0.3) is 0 Å². The summed E-state index contributed by atoms with van der Waals surface area (Å²) in [5.41, 5.74) is 3.54. The molecule has 1 aromatic heterocycles. The minimum Gasteiger partial charge on any atom is -0.339 e. The minimum absolute atomic E-state index is 0.917.